The largest absolute Gasteiger partial charge is 0.456 e. The number of furan rings is 1. The van der Waals surface area contributed by atoms with Crippen LogP contribution < -0.4 is 0 Å². The Balaban J connectivity index is 0.976. The number of benzene rings is 8. The molecule has 8 aromatic carbocycles. The van der Waals surface area contributed by atoms with E-state index in [4.69, 9.17) is 19.4 Å². The number of nitrogens with zero attached hydrogens (tertiary/aromatic N) is 3. The lowest BCUT2D eigenvalue weighted by molar-refractivity contribution is 0.669. The Morgan fingerprint density at radius 3 is 1.71 bits per heavy atom. The Kier molecular flexibility index (Phi) is 8.41. The molecule has 0 fully saturated rings. The molecule has 0 saturated carbocycles. The van der Waals surface area contributed by atoms with E-state index in [1.807, 2.05) is 78.9 Å². The first-order chi connectivity index (χ1) is 31.1. The molecule has 0 saturated heterocycles. The van der Waals surface area contributed by atoms with Gasteiger partial charge in [-0.2, -0.15) is 0 Å². The first kappa shape index (κ1) is 36.6. The van der Waals surface area contributed by atoms with Crippen molar-refractivity contribution in [3.63, 3.8) is 0 Å². The van der Waals surface area contributed by atoms with E-state index in [2.05, 4.69) is 141 Å². The lowest BCUT2D eigenvalue weighted by Crippen LogP contribution is -2.26. The zero-order valence-corrected chi connectivity index (χ0v) is 34.6. The summed E-state index contributed by atoms with van der Waals surface area (Å²) in [4.78, 5) is 15.1. The van der Waals surface area contributed by atoms with Crippen LogP contribution in [-0.4, -0.2) is 15.0 Å². The zero-order valence-electron chi connectivity index (χ0n) is 34.6. The highest BCUT2D eigenvalue weighted by atomic mass is 16.3. The average molecular weight is 806 g/mol. The van der Waals surface area contributed by atoms with Crippen molar-refractivity contribution in [2.75, 3.05) is 0 Å². The Labute approximate surface area is 365 Å². The van der Waals surface area contributed by atoms with E-state index in [1.165, 1.54) is 55.7 Å². The van der Waals surface area contributed by atoms with Gasteiger partial charge in [0.1, 0.15) is 11.2 Å². The standard InChI is InChI=1S/C59H39N3O/c1-3-17-48-42(4-2)44-22-11-13-26-49(44)59(48)50-27-14-12-23-45(50)54-43(24-15-28-51(54)59)38-32-30-37(31-33-38)41-34-35-52-47(36-41)55-46(25-16-29-53(55)63-52)58-61-56(39-18-7-5-8-19-39)60-57(62-58)40-20-9-6-10-21-40/h3-36H,1H2,2H3/b42-4-,48-17?. The molecule has 12 rings (SSSR count). The maximum atomic E-state index is 6.50. The van der Waals surface area contributed by atoms with Gasteiger partial charge in [-0.1, -0.05) is 195 Å². The van der Waals surface area contributed by atoms with E-state index < -0.39 is 5.41 Å². The average Bonchev–Trinajstić information content (AvgIpc) is 3.98. The summed E-state index contributed by atoms with van der Waals surface area (Å²) in [5, 5.41) is 1.98. The highest BCUT2D eigenvalue weighted by Crippen LogP contribution is 2.64. The normalized spacial score (nSPS) is 16.2. The minimum absolute atomic E-state index is 0.441. The molecule has 1 spiro atoms. The second-order valence-electron chi connectivity index (χ2n) is 16.2. The number of allylic oxidation sites excluding steroid dienone is 5. The smallest absolute Gasteiger partial charge is 0.164 e. The fourth-order valence-corrected chi connectivity index (χ4v) is 10.3. The Hall–Kier alpha value is -8.21. The molecule has 0 N–H and O–H groups in total. The SMILES string of the molecule is C=CC=C1/C(=C\C)c2ccccc2C12c1ccccc1-c1c(-c3ccc(-c4ccc5oc6cccc(-c7nc(-c8ccccc8)nc(-c8ccccc8)n7)c6c5c4)cc3)cccc12. The van der Waals surface area contributed by atoms with Gasteiger partial charge in [0.05, 0.1) is 5.41 Å². The van der Waals surface area contributed by atoms with Crippen LogP contribution in [0.25, 0.3) is 95.1 Å². The third-order valence-corrected chi connectivity index (χ3v) is 12.9. The van der Waals surface area contributed by atoms with Crippen molar-refractivity contribution in [2.45, 2.75) is 12.3 Å². The van der Waals surface area contributed by atoms with E-state index in [9.17, 15) is 0 Å². The lowest BCUT2D eigenvalue weighted by Gasteiger charge is -2.31. The zero-order chi connectivity index (χ0) is 42.1. The van der Waals surface area contributed by atoms with Crippen LogP contribution in [0.15, 0.2) is 223 Å². The predicted octanol–water partition coefficient (Wildman–Crippen LogP) is 15.0. The van der Waals surface area contributed by atoms with Gasteiger partial charge in [-0.25, -0.2) is 15.0 Å². The van der Waals surface area contributed by atoms with Crippen LogP contribution in [-0.2, 0) is 5.41 Å². The molecule has 0 amide bonds. The molecule has 63 heavy (non-hydrogen) atoms. The van der Waals surface area contributed by atoms with Crippen LogP contribution in [0.1, 0.15) is 29.2 Å². The first-order valence-electron chi connectivity index (χ1n) is 21.4. The molecule has 2 aliphatic carbocycles. The maximum Gasteiger partial charge on any atom is 0.164 e. The monoisotopic (exact) mass is 805 g/mol. The van der Waals surface area contributed by atoms with Crippen LogP contribution in [0.3, 0.4) is 0 Å². The molecule has 4 heteroatoms. The molecule has 2 aromatic heterocycles. The quantitative estimate of drug-likeness (QED) is 0.168. The highest BCUT2D eigenvalue weighted by Gasteiger charge is 2.53. The highest BCUT2D eigenvalue weighted by molar-refractivity contribution is 6.13. The van der Waals surface area contributed by atoms with Gasteiger partial charge in [0.25, 0.3) is 0 Å². The van der Waals surface area contributed by atoms with Crippen LogP contribution >= 0.6 is 0 Å². The molecule has 0 bridgehead atoms. The third kappa shape index (κ3) is 5.51. The summed E-state index contributed by atoms with van der Waals surface area (Å²) in [6.07, 6.45) is 6.42. The Bertz CT molecular complexity index is 3470. The summed E-state index contributed by atoms with van der Waals surface area (Å²) >= 11 is 0. The number of hydrogen-bond donors (Lipinski definition) is 0. The van der Waals surface area contributed by atoms with Gasteiger partial charge in [0.15, 0.2) is 17.5 Å². The summed E-state index contributed by atoms with van der Waals surface area (Å²) in [5.74, 6) is 1.84. The van der Waals surface area contributed by atoms with Crippen molar-refractivity contribution in [1.29, 1.82) is 0 Å². The van der Waals surface area contributed by atoms with Gasteiger partial charge in [0.2, 0.25) is 0 Å². The molecule has 1 unspecified atom stereocenters. The number of fused-ring (bicyclic) bond motifs is 10. The molecule has 4 nitrogen and oxygen atoms in total. The lowest BCUT2D eigenvalue weighted by atomic mass is 9.70. The van der Waals surface area contributed by atoms with Crippen LogP contribution in [0.4, 0.5) is 0 Å². The van der Waals surface area contributed by atoms with Crippen molar-refractivity contribution in [1.82, 2.24) is 15.0 Å². The van der Waals surface area contributed by atoms with Gasteiger partial charge < -0.3 is 4.42 Å². The maximum absolute atomic E-state index is 6.50. The third-order valence-electron chi connectivity index (χ3n) is 12.9. The number of aromatic nitrogens is 3. The van der Waals surface area contributed by atoms with Crippen molar-refractivity contribution in [3.8, 4) is 67.5 Å². The molecule has 1 atom stereocenters. The molecule has 2 aliphatic rings. The molecular formula is C59H39N3O. The van der Waals surface area contributed by atoms with Crippen molar-refractivity contribution < 1.29 is 4.42 Å². The van der Waals surface area contributed by atoms with Gasteiger partial charge >= 0.3 is 0 Å². The van der Waals surface area contributed by atoms with E-state index in [-0.39, 0.29) is 0 Å². The summed E-state index contributed by atoms with van der Waals surface area (Å²) in [5.41, 5.74) is 18.8. The fourth-order valence-electron chi connectivity index (χ4n) is 10.3. The summed E-state index contributed by atoms with van der Waals surface area (Å²) in [6, 6.07) is 66.5. The van der Waals surface area contributed by atoms with Crippen LogP contribution in [0.2, 0.25) is 0 Å². The van der Waals surface area contributed by atoms with Gasteiger partial charge in [-0.15, -0.1) is 0 Å². The van der Waals surface area contributed by atoms with Crippen molar-refractivity contribution >= 4 is 27.5 Å². The molecule has 10 aromatic rings. The second-order valence-corrected chi connectivity index (χ2v) is 16.2. The summed E-state index contributed by atoms with van der Waals surface area (Å²) < 4.78 is 6.50. The van der Waals surface area contributed by atoms with Crippen LogP contribution in [0.5, 0.6) is 0 Å². The minimum Gasteiger partial charge on any atom is -0.456 e. The van der Waals surface area contributed by atoms with E-state index in [0.717, 1.165) is 49.8 Å². The first-order valence-corrected chi connectivity index (χ1v) is 21.4. The molecular weight excluding hydrogens is 767 g/mol. The molecule has 296 valence electrons. The molecule has 2 heterocycles. The van der Waals surface area contributed by atoms with Crippen LogP contribution in [0, 0.1) is 0 Å². The van der Waals surface area contributed by atoms with E-state index in [0.29, 0.717) is 17.5 Å². The summed E-state index contributed by atoms with van der Waals surface area (Å²) in [7, 11) is 0. The minimum atomic E-state index is -0.441. The van der Waals surface area contributed by atoms with Gasteiger partial charge in [-0.3, -0.25) is 0 Å². The summed E-state index contributed by atoms with van der Waals surface area (Å²) in [6.45, 7) is 6.32. The predicted molar refractivity (Wildman–Crippen MR) is 258 cm³/mol. The molecule has 0 radical (unpaired) electrons. The van der Waals surface area contributed by atoms with E-state index in [1.54, 1.807) is 0 Å². The fraction of sp³-hybridized carbons (Fsp3) is 0.0339. The molecule has 0 aliphatic heterocycles. The Morgan fingerprint density at radius 2 is 1.02 bits per heavy atom. The number of rotatable bonds is 6. The Morgan fingerprint density at radius 1 is 0.460 bits per heavy atom. The second kappa shape index (κ2) is 14.5. The van der Waals surface area contributed by atoms with Crippen molar-refractivity contribution in [3.05, 3.63) is 241 Å². The van der Waals surface area contributed by atoms with Gasteiger partial charge in [0, 0.05) is 27.5 Å². The van der Waals surface area contributed by atoms with E-state index >= 15 is 0 Å². The number of hydrogen-bond acceptors (Lipinski definition) is 4. The van der Waals surface area contributed by atoms with Gasteiger partial charge in [-0.05, 0) is 91.9 Å². The topological polar surface area (TPSA) is 51.8 Å². The van der Waals surface area contributed by atoms with Crippen molar-refractivity contribution in [2.24, 2.45) is 0 Å².